The van der Waals surface area contributed by atoms with Crippen LogP contribution in [0.5, 0.6) is 0 Å². The Balaban J connectivity index is 0.000000173. The first-order chi connectivity index (χ1) is 29.7. The number of hydrogen-bond donors (Lipinski definition) is 1. The third-order valence-electron chi connectivity index (χ3n) is 10.9. The Labute approximate surface area is 366 Å². The monoisotopic (exact) mass is 880 g/mol. The summed E-state index contributed by atoms with van der Waals surface area (Å²) in [6, 6.07) is 30.8. The van der Waals surface area contributed by atoms with E-state index in [9.17, 15) is 18.0 Å². The lowest BCUT2D eigenvalue weighted by Gasteiger charge is -2.26. The van der Waals surface area contributed by atoms with Crippen LogP contribution in [0.15, 0.2) is 91.0 Å². The molecule has 0 fully saturated rings. The Morgan fingerprint density at radius 1 is 0.726 bits per heavy atom. The third-order valence-corrected chi connectivity index (χ3v) is 13.2. The van der Waals surface area contributed by atoms with Crippen molar-refractivity contribution in [3.8, 4) is 10.0 Å². The molecule has 6 heterocycles. The molecule has 62 heavy (non-hydrogen) atoms. The van der Waals surface area contributed by atoms with E-state index in [-0.39, 0.29) is 24.8 Å². The van der Waals surface area contributed by atoms with Gasteiger partial charge in [0.05, 0.1) is 18.6 Å². The zero-order valence-corrected chi connectivity index (χ0v) is 36.9. The normalized spacial score (nSPS) is 15.3. The number of carbonyl (C=O) groups is 2. The van der Waals surface area contributed by atoms with Crippen LogP contribution in [0.25, 0.3) is 10.0 Å². The Morgan fingerprint density at radius 2 is 1.18 bits per heavy atom. The molecule has 0 unspecified atom stereocenters. The quantitative estimate of drug-likeness (QED) is 0.164. The summed E-state index contributed by atoms with van der Waals surface area (Å²) in [5.41, 5.74) is 8.80. The fourth-order valence-corrected chi connectivity index (χ4v) is 10.1. The third kappa shape index (κ3) is 9.72. The Morgan fingerprint density at radius 3 is 1.69 bits per heavy atom. The van der Waals surface area contributed by atoms with E-state index in [0.717, 1.165) is 58.8 Å². The maximum absolute atomic E-state index is 13.3. The highest BCUT2D eigenvalue weighted by atomic mass is 32.1. The number of aromatic nitrogens is 6. The van der Waals surface area contributed by atoms with Crippen LogP contribution in [-0.4, -0.2) is 53.0 Å². The number of carbonyl (C=O) groups excluding carboxylic acids is 2. The minimum atomic E-state index is -4.64. The molecule has 2 aliphatic heterocycles. The predicted octanol–water partition coefficient (Wildman–Crippen LogP) is 10.2. The van der Waals surface area contributed by atoms with E-state index in [4.69, 9.17) is 9.53 Å². The van der Waals surface area contributed by atoms with Gasteiger partial charge in [0.2, 0.25) is 6.29 Å². The number of thiophene rings is 2. The van der Waals surface area contributed by atoms with Gasteiger partial charge in [-0.25, -0.2) is 4.79 Å². The van der Waals surface area contributed by atoms with E-state index >= 15 is 0 Å². The van der Waals surface area contributed by atoms with Gasteiger partial charge in [0, 0.05) is 27.4 Å². The second-order valence-electron chi connectivity index (χ2n) is 15.2. The Kier molecular flexibility index (Phi) is 13.5. The summed E-state index contributed by atoms with van der Waals surface area (Å²) in [5.74, 6) is 3.55. The molecule has 7 aromatic rings. The van der Waals surface area contributed by atoms with Gasteiger partial charge >= 0.3 is 12.3 Å². The first kappa shape index (κ1) is 44.1. The fraction of sp³-hybridized carbons (Fsp3) is 0.304. The maximum atomic E-state index is 13.3. The summed E-state index contributed by atoms with van der Waals surface area (Å²) in [6.45, 7) is 14.1. The number of halogens is 3. The van der Waals surface area contributed by atoms with Crippen LogP contribution < -0.4 is 5.32 Å². The molecule has 0 aliphatic carbocycles. The molecule has 0 saturated heterocycles. The van der Waals surface area contributed by atoms with Crippen molar-refractivity contribution in [1.82, 2.24) is 39.7 Å². The van der Waals surface area contributed by atoms with Crippen LogP contribution in [0.3, 0.4) is 0 Å². The number of fused-ring (bicyclic) bond motifs is 6. The molecule has 2 atom stereocenters. The molecule has 2 aliphatic rings. The van der Waals surface area contributed by atoms with Crippen LogP contribution in [-0.2, 0) is 42.1 Å². The van der Waals surface area contributed by atoms with Gasteiger partial charge < -0.3 is 10.1 Å². The lowest BCUT2D eigenvalue weighted by Crippen LogP contribution is -2.33. The highest BCUT2D eigenvalue weighted by Gasteiger charge is 2.35. The van der Waals surface area contributed by atoms with Gasteiger partial charge in [-0.05, 0) is 82.2 Å². The zero-order valence-electron chi connectivity index (χ0n) is 35.2. The van der Waals surface area contributed by atoms with Gasteiger partial charge in [-0.15, -0.1) is 43.1 Å². The van der Waals surface area contributed by atoms with E-state index in [0.29, 0.717) is 6.54 Å². The summed E-state index contributed by atoms with van der Waals surface area (Å²) in [5, 5.41) is 23.4. The van der Waals surface area contributed by atoms with E-state index in [2.05, 4.69) is 110 Å². The molecular weight excluding hydrogens is 834 g/mol. The fourth-order valence-electron chi connectivity index (χ4n) is 7.62. The van der Waals surface area contributed by atoms with Gasteiger partial charge in [-0.3, -0.25) is 18.8 Å². The molecule has 3 aromatic carbocycles. The first-order valence-electron chi connectivity index (χ1n) is 20.1. The first-order valence-corrected chi connectivity index (χ1v) is 21.8. The number of aldehydes is 1. The number of hydrogen-bond acceptors (Lipinski definition) is 10. The van der Waals surface area contributed by atoms with Crippen molar-refractivity contribution in [2.75, 3.05) is 0 Å². The smallest absolute Gasteiger partial charge is 0.445 e. The Hall–Kier alpha value is -5.97. The summed E-state index contributed by atoms with van der Waals surface area (Å²) in [7, 11) is 0. The number of nitrogens with zero attached hydrogens (tertiary/aromatic N) is 7. The molecule has 1 amide bonds. The van der Waals surface area contributed by atoms with Crippen LogP contribution in [0.4, 0.5) is 18.0 Å². The molecule has 16 heteroatoms. The number of aryl methyl sites for hydroxylation is 4. The lowest BCUT2D eigenvalue weighted by molar-refractivity contribution is -0.156. The lowest BCUT2D eigenvalue weighted by atomic mass is 10.0. The van der Waals surface area contributed by atoms with Crippen molar-refractivity contribution < 1.29 is 27.5 Å². The summed E-state index contributed by atoms with van der Waals surface area (Å²) < 4.78 is 41.3. The average molecular weight is 881 g/mol. The molecule has 322 valence electrons. The van der Waals surface area contributed by atoms with Crippen LogP contribution in [0.1, 0.15) is 97.9 Å². The van der Waals surface area contributed by atoms with Crippen molar-refractivity contribution >= 4 is 35.1 Å². The summed E-state index contributed by atoms with van der Waals surface area (Å²) >= 11 is 3.60. The van der Waals surface area contributed by atoms with Crippen LogP contribution >= 0.6 is 22.7 Å². The van der Waals surface area contributed by atoms with E-state index in [1.54, 1.807) is 16.2 Å². The number of benzene rings is 3. The second kappa shape index (κ2) is 19.0. The van der Waals surface area contributed by atoms with Crippen LogP contribution in [0.2, 0.25) is 0 Å². The van der Waals surface area contributed by atoms with E-state index in [1.165, 1.54) is 42.6 Å². The number of rotatable bonds is 6. The van der Waals surface area contributed by atoms with E-state index in [1.807, 2.05) is 68.5 Å². The SMILES string of the molecule is Cc1sc2c(c1Cc1ccccc1)CN(C(=O)OCc1ccccc1)[C@@H](C)c1nnc(C)n1-2.Cc1sc2c(c1Cc1ccccc1)CN[C@@H](C)c1nnc(C)n1-2.O=CC(F)(F)F. The zero-order chi connectivity index (χ0) is 44.1. The minimum absolute atomic E-state index is 0.209. The van der Waals surface area contributed by atoms with Gasteiger partial charge in [0.25, 0.3) is 0 Å². The molecule has 0 saturated carbocycles. The molecule has 0 spiro atoms. The van der Waals surface area contributed by atoms with Crippen molar-refractivity contribution in [2.24, 2.45) is 0 Å². The molecule has 0 radical (unpaired) electrons. The van der Waals surface area contributed by atoms with Gasteiger partial charge in [0.1, 0.15) is 28.3 Å². The molecule has 4 aromatic heterocycles. The van der Waals surface area contributed by atoms with Crippen LogP contribution in [0, 0.1) is 27.7 Å². The van der Waals surface area contributed by atoms with Gasteiger partial charge in [0.15, 0.2) is 11.6 Å². The molecule has 11 nitrogen and oxygen atoms in total. The molecule has 9 rings (SSSR count). The standard InChI is InChI=1S/C26H26N4O2S.C18H20N4S.C2HF3O/c1-17-24-28-27-19(3)30(24)25-23(22(18(2)33-25)14-20-10-6-4-7-11-20)15-29(17)26(31)32-16-21-12-8-5-9-13-21;1-11-17-21-20-13(3)22(17)18-16(10-19-11)15(12(2)23-18)9-14-7-5-4-6-8-14;3-2(4,5)1-6/h4-13,17H,14-16H2,1-3H3;4-8,11,19H,9-10H2,1-3H3;1H/t17-;11-;/m00./s1. The van der Waals surface area contributed by atoms with Crippen molar-refractivity contribution in [3.05, 3.63) is 163 Å². The van der Waals surface area contributed by atoms with E-state index < -0.39 is 12.5 Å². The second-order valence-corrected chi connectivity index (χ2v) is 17.6. The number of alkyl halides is 3. The molecule has 1 N–H and O–H groups in total. The highest BCUT2D eigenvalue weighted by Crippen LogP contribution is 2.41. The van der Waals surface area contributed by atoms with Crippen molar-refractivity contribution in [2.45, 2.75) is 92.3 Å². The minimum Gasteiger partial charge on any atom is -0.445 e. The number of nitrogens with one attached hydrogen (secondary N) is 1. The largest absolute Gasteiger partial charge is 0.446 e. The average Bonchev–Trinajstić information content (AvgIpc) is 3.97. The van der Waals surface area contributed by atoms with Gasteiger partial charge in [-0.1, -0.05) is 91.0 Å². The summed E-state index contributed by atoms with van der Waals surface area (Å²) in [6.07, 6.45) is -4.25. The predicted molar refractivity (Wildman–Crippen MR) is 234 cm³/mol. The van der Waals surface area contributed by atoms with Crippen molar-refractivity contribution in [1.29, 1.82) is 0 Å². The summed E-state index contributed by atoms with van der Waals surface area (Å²) in [4.78, 5) is 26.4. The van der Waals surface area contributed by atoms with Gasteiger partial charge in [-0.2, -0.15) is 13.2 Å². The van der Waals surface area contributed by atoms with Crippen molar-refractivity contribution in [3.63, 3.8) is 0 Å². The number of amides is 1. The Bertz CT molecular complexity index is 2640. The topological polar surface area (TPSA) is 120 Å². The maximum Gasteiger partial charge on any atom is 0.446 e. The molecular formula is C46H47F3N8O3S2. The molecule has 0 bridgehead atoms. The number of ether oxygens (including phenoxy) is 1. The highest BCUT2D eigenvalue weighted by molar-refractivity contribution is 7.15.